The highest BCUT2D eigenvalue weighted by Crippen LogP contribution is 2.32. The van der Waals surface area contributed by atoms with Gasteiger partial charge in [-0.25, -0.2) is 9.59 Å². The number of nitrogens with one attached hydrogen (secondary N) is 1. The van der Waals surface area contributed by atoms with Crippen LogP contribution in [-0.4, -0.2) is 27.1 Å². The number of carbonyl (C=O) groups is 2. The Morgan fingerprint density at radius 1 is 0.516 bits per heavy atom. The van der Waals surface area contributed by atoms with Crippen LogP contribution < -0.4 is 0 Å². The molecule has 0 spiro atoms. The fourth-order valence-corrected chi connectivity index (χ4v) is 3.88. The molecule has 0 aliphatic rings. The van der Waals surface area contributed by atoms with Gasteiger partial charge in [0, 0.05) is 21.8 Å². The van der Waals surface area contributed by atoms with Gasteiger partial charge in [-0.2, -0.15) is 0 Å². The number of H-pyrrole nitrogens is 1. The van der Waals surface area contributed by atoms with Crippen LogP contribution in [-0.2, 0) is 0 Å². The maximum Gasteiger partial charge on any atom is 0.335 e. The molecule has 0 unspecified atom stereocenters. The Kier molecular flexibility index (Phi) is 4.30. The van der Waals surface area contributed by atoms with Crippen LogP contribution in [0.1, 0.15) is 20.7 Å². The average Bonchev–Trinajstić information content (AvgIpc) is 3.16. The predicted octanol–water partition coefficient (Wildman–Crippen LogP) is 6.05. The van der Waals surface area contributed by atoms with Crippen LogP contribution >= 0.6 is 0 Å². The normalized spacial score (nSPS) is 11.1. The molecule has 150 valence electrons. The molecule has 0 aliphatic carbocycles. The van der Waals surface area contributed by atoms with Crippen LogP contribution in [0.2, 0.25) is 0 Å². The van der Waals surface area contributed by atoms with E-state index in [0.29, 0.717) is 0 Å². The Labute approximate surface area is 177 Å². The van der Waals surface area contributed by atoms with Crippen molar-refractivity contribution in [1.82, 2.24) is 4.98 Å². The average molecular weight is 407 g/mol. The van der Waals surface area contributed by atoms with Crippen molar-refractivity contribution >= 4 is 33.7 Å². The Morgan fingerprint density at radius 3 is 1.23 bits per heavy atom. The quantitative estimate of drug-likeness (QED) is 0.338. The first-order chi connectivity index (χ1) is 15.0. The molecule has 0 fully saturated rings. The summed E-state index contributed by atoms with van der Waals surface area (Å²) in [6, 6.07) is 26.0. The van der Waals surface area contributed by atoms with E-state index in [-0.39, 0.29) is 11.1 Å². The fourth-order valence-electron chi connectivity index (χ4n) is 3.88. The first kappa shape index (κ1) is 18.6. The van der Waals surface area contributed by atoms with E-state index in [4.69, 9.17) is 10.2 Å². The lowest BCUT2D eigenvalue weighted by Gasteiger charge is -2.03. The topological polar surface area (TPSA) is 90.4 Å². The second-order valence-corrected chi connectivity index (χ2v) is 7.41. The van der Waals surface area contributed by atoms with E-state index in [2.05, 4.69) is 29.2 Å². The van der Waals surface area contributed by atoms with Crippen molar-refractivity contribution in [2.75, 3.05) is 0 Å². The molecule has 0 amide bonds. The second kappa shape index (κ2) is 7.15. The number of carboxylic acids is 2. The van der Waals surface area contributed by atoms with Crippen LogP contribution in [0.25, 0.3) is 44.1 Å². The van der Waals surface area contributed by atoms with Gasteiger partial charge in [-0.3, -0.25) is 0 Å². The standard InChI is InChI=1S/C26H17NO4/c28-25(29)17-5-1-15(2-6-17)19-9-11-21-22-12-10-20(14-24(22)27-23(21)13-19)16-3-7-18(8-4-16)26(30)31/h1-14,27H,(H,28,29)(H,30,31). The van der Waals surface area contributed by atoms with E-state index in [9.17, 15) is 9.59 Å². The summed E-state index contributed by atoms with van der Waals surface area (Å²) >= 11 is 0. The highest BCUT2D eigenvalue weighted by Gasteiger charge is 2.09. The van der Waals surface area contributed by atoms with Gasteiger partial charge in [-0.1, -0.05) is 48.5 Å². The molecule has 31 heavy (non-hydrogen) atoms. The highest BCUT2D eigenvalue weighted by atomic mass is 16.4. The first-order valence-electron chi connectivity index (χ1n) is 9.72. The minimum Gasteiger partial charge on any atom is -0.478 e. The molecule has 5 nitrogen and oxygen atoms in total. The molecule has 1 aromatic heterocycles. The lowest BCUT2D eigenvalue weighted by molar-refractivity contribution is 0.0686. The number of aromatic amines is 1. The van der Waals surface area contributed by atoms with Crippen molar-refractivity contribution in [3.05, 3.63) is 96.1 Å². The summed E-state index contributed by atoms with van der Waals surface area (Å²) < 4.78 is 0. The third-order valence-corrected chi connectivity index (χ3v) is 5.53. The summed E-state index contributed by atoms with van der Waals surface area (Å²) in [6.07, 6.45) is 0. The maximum atomic E-state index is 11.1. The maximum absolute atomic E-state index is 11.1. The minimum absolute atomic E-state index is 0.263. The van der Waals surface area contributed by atoms with Gasteiger partial charge in [-0.15, -0.1) is 0 Å². The number of aromatic nitrogens is 1. The minimum atomic E-state index is -0.939. The molecule has 0 atom stereocenters. The summed E-state index contributed by atoms with van der Waals surface area (Å²) in [5, 5.41) is 20.4. The molecule has 0 aliphatic heterocycles. The molecule has 5 heteroatoms. The van der Waals surface area contributed by atoms with Crippen LogP contribution in [0.4, 0.5) is 0 Å². The van der Waals surface area contributed by atoms with Gasteiger partial charge in [0.25, 0.3) is 0 Å². The number of benzene rings is 4. The summed E-state index contributed by atoms with van der Waals surface area (Å²) in [6.45, 7) is 0. The van der Waals surface area contributed by atoms with E-state index >= 15 is 0 Å². The molecular weight excluding hydrogens is 390 g/mol. The SMILES string of the molecule is O=C(O)c1ccc(-c2ccc3c(c2)[nH]c2cc(-c4ccc(C(=O)O)cc4)ccc23)cc1. The van der Waals surface area contributed by atoms with E-state index in [1.807, 2.05) is 36.4 Å². The van der Waals surface area contributed by atoms with Crippen molar-refractivity contribution in [2.24, 2.45) is 0 Å². The summed E-state index contributed by atoms with van der Waals surface area (Å²) in [5.74, 6) is -1.88. The van der Waals surface area contributed by atoms with Crippen molar-refractivity contribution in [2.45, 2.75) is 0 Å². The van der Waals surface area contributed by atoms with Crippen LogP contribution in [0.3, 0.4) is 0 Å². The fraction of sp³-hybridized carbons (Fsp3) is 0. The number of rotatable bonds is 4. The zero-order valence-electron chi connectivity index (χ0n) is 16.3. The van der Waals surface area contributed by atoms with Crippen molar-refractivity contribution in [3.63, 3.8) is 0 Å². The van der Waals surface area contributed by atoms with E-state index in [0.717, 1.165) is 44.1 Å². The largest absolute Gasteiger partial charge is 0.478 e. The van der Waals surface area contributed by atoms with Crippen LogP contribution in [0.5, 0.6) is 0 Å². The smallest absolute Gasteiger partial charge is 0.335 e. The monoisotopic (exact) mass is 407 g/mol. The molecule has 5 rings (SSSR count). The zero-order valence-corrected chi connectivity index (χ0v) is 16.3. The number of carboxylic acid groups (broad SMARTS) is 2. The molecule has 4 aromatic carbocycles. The van der Waals surface area contributed by atoms with Crippen molar-refractivity contribution in [3.8, 4) is 22.3 Å². The number of hydrogen-bond donors (Lipinski definition) is 3. The zero-order chi connectivity index (χ0) is 21.5. The predicted molar refractivity (Wildman–Crippen MR) is 121 cm³/mol. The van der Waals surface area contributed by atoms with Crippen LogP contribution in [0.15, 0.2) is 84.9 Å². The van der Waals surface area contributed by atoms with Gasteiger partial charge in [0.1, 0.15) is 0 Å². The number of hydrogen-bond acceptors (Lipinski definition) is 2. The third-order valence-electron chi connectivity index (χ3n) is 5.53. The van der Waals surface area contributed by atoms with E-state index in [1.165, 1.54) is 0 Å². The lowest BCUT2D eigenvalue weighted by atomic mass is 10.0. The summed E-state index contributed by atoms with van der Waals surface area (Å²) in [7, 11) is 0. The van der Waals surface area contributed by atoms with E-state index in [1.54, 1.807) is 24.3 Å². The molecule has 0 bridgehead atoms. The Bertz CT molecular complexity index is 1350. The molecule has 5 aromatic rings. The molecule has 0 radical (unpaired) electrons. The summed E-state index contributed by atoms with van der Waals surface area (Å²) in [4.78, 5) is 25.6. The summed E-state index contributed by atoms with van der Waals surface area (Å²) in [5.41, 5.74) is 6.41. The number of fused-ring (bicyclic) bond motifs is 3. The van der Waals surface area contributed by atoms with Crippen molar-refractivity contribution in [1.29, 1.82) is 0 Å². The van der Waals surface area contributed by atoms with Crippen molar-refractivity contribution < 1.29 is 19.8 Å². The van der Waals surface area contributed by atoms with Gasteiger partial charge in [0.05, 0.1) is 11.1 Å². The van der Waals surface area contributed by atoms with Gasteiger partial charge in [-0.05, 0) is 58.7 Å². The highest BCUT2D eigenvalue weighted by molar-refractivity contribution is 6.09. The first-order valence-corrected chi connectivity index (χ1v) is 9.72. The lowest BCUT2D eigenvalue weighted by Crippen LogP contribution is -1.94. The third kappa shape index (κ3) is 3.32. The second-order valence-electron chi connectivity index (χ2n) is 7.41. The Hall–Kier alpha value is -4.38. The Morgan fingerprint density at radius 2 is 0.871 bits per heavy atom. The van der Waals surface area contributed by atoms with Crippen LogP contribution in [0, 0.1) is 0 Å². The molecule has 1 heterocycles. The molecular formula is C26H17NO4. The number of aromatic carboxylic acids is 2. The van der Waals surface area contributed by atoms with Gasteiger partial charge in [0.15, 0.2) is 0 Å². The molecule has 0 saturated carbocycles. The van der Waals surface area contributed by atoms with Gasteiger partial charge >= 0.3 is 11.9 Å². The Balaban J connectivity index is 1.54. The molecule has 0 saturated heterocycles. The van der Waals surface area contributed by atoms with E-state index < -0.39 is 11.9 Å². The van der Waals surface area contributed by atoms with Gasteiger partial charge < -0.3 is 15.2 Å². The van der Waals surface area contributed by atoms with Gasteiger partial charge in [0.2, 0.25) is 0 Å². The molecule has 3 N–H and O–H groups in total.